The van der Waals surface area contributed by atoms with E-state index in [1.807, 2.05) is 0 Å². The molecule has 0 bridgehead atoms. The van der Waals surface area contributed by atoms with Gasteiger partial charge in [-0.1, -0.05) is 53.9 Å². The van der Waals surface area contributed by atoms with Crippen LogP contribution in [0.5, 0.6) is 0 Å². The molecule has 0 aromatic rings. The molecule has 0 aromatic heterocycles. The van der Waals surface area contributed by atoms with Crippen LogP contribution in [0.3, 0.4) is 0 Å². The van der Waals surface area contributed by atoms with Crippen molar-refractivity contribution in [1.82, 2.24) is 0 Å². The zero-order chi connectivity index (χ0) is 21.9. The van der Waals surface area contributed by atoms with Crippen LogP contribution in [0.25, 0.3) is 0 Å². The van der Waals surface area contributed by atoms with Gasteiger partial charge in [-0.2, -0.15) is 0 Å². The SMILES string of the molecule is CC(C)CCC[C@@H](C)[C@H]1CC[C@H]2[C@@H]3C[C@H](O)[C@@]4(Cl)C[C@@H](O)CC[C@]4(C)[C@H]3CC[C@]12C. The van der Waals surface area contributed by atoms with Crippen LogP contribution >= 0.6 is 11.6 Å². The lowest BCUT2D eigenvalue weighted by atomic mass is 9.43. The van der Waals surface area contributed by atoms with Gasteiger partial charge in [0.1, 0.15) is 0 Å². The highest BCUT2D eigenvalue weighted by Gasteiger charge is 2.67. The molecule has 0 radical (unpaired) electrons. The molecule has 30 heavy (non-hydrogen) atoms. The lowest BCUT2D eigenvalue weighted by molar-refractivity contribution is -0.159. The molecule has 4 aliphatic rings. The van der Waals surface area contributed by atoms with Crippen molar-refractivity contribution in [3.05, 3.63) is 0 Å². The minimum atomic E-state index is -0.637. The third-order valence-corrected chi connectivity index (χ3v) is 11.8. The van der Waals surface area contributed by atoms with Gasteiger partial charge in [0.25, 0.3) is 0 Å². The molecule has 3 heteroatoms. The van der Waals surface area contributed by atoms with Crippen molar-refractivity contribution in [1.29, 1.82) is 0 Å². The van der Waals surface area contributed by atoms with Gasteiger partial charge in [-0.05, 0) is 97.7 Å². The van der Waals surface area contributed by atoms with Crippen molar-refractivity contribution in [2.24, 2.45) is 46.3 Å². The second kappa shape index (κ2) is 8.21. The molecule has 0 aromatic carbocycles. The van der Waals surface area contributed by atoms with Crippen LogP contribution in [0.1, 0.15) is 105 Å². The van der Waals surface area contributed by atoms with Crippen LogP contribution in [0, 0.1) is 46.3 Å². The van der Waals surface area contributed by atoms with E-state index in [1.54, 1.807) is 0 Å². The first kappa shape index (κ1) is 23.4. The summed E-state index contributed by atoms with van der Waals surface area (Å²) < 4.78 is 0. The van der Waals surface area contributed by atoms with E-state index in [0.717, 1.165) is 42.9 Å². The summed E-state index contributed by atoms with van der Waals surface area (Å²) in [4.78, 5) is -0.637. The Kier molecular flexibility index (Phi) is 6.40. The maximum atomic E-state index is 11.3. The maximum Gasteiger partial charge on any atom is 0.0785 e. The van der Waals surface area contributed by atoms with Crippen molar-refractivity contribution < 1.29 is 10.2 Å². The topological polar surface area (TPSA) is 40.5 Å². The fourth-order valence-electron chi connectivity index (χ4n) is 9.24. The highest BCUT2D eigenvalue weighted by atomic mass is 35.5. The maximum absolute atomic E-state index is 11.3. The molecule has 0 spiro atoms. The second-order valence-electron chi connectivity index (χ2n) is 12.8. The lowest BCUT2D eigenvalue weighted by Gasteiger charge is -2.65. The number of fused-ring (bicyclic) bond motifs is 5. The molecule has 0 amide bonds. The summed E-state index contributed by atoms with van der Waals surface area (Å²) in [6.07, 6.45) is 11.8. The summed E-state index contributed by atoms with van der Waals surface area (Å²) in [5.41, 5.74) is 0.396. The van der Waals surface area contributed by atoms with Crippen LogP contribution in [-0.2, 0) is 0 Å². The van der Waals surface area contributed by atoms with Crippen LogP contribution in [-0.4, -0.2) is 27.3 Å². The molecule has 174 valence electrons. The van der Waals surface area contributed by atoms with E-state index in [0.29, 0.717) is 23.7 Å². The molecule has 4 rings (SSSR count). The number of aliphatic hydroxyl groups excluding tert-OH is 2. The van der Waals surface area contributed by atoms with Gasteiger partial charge >= 0.3 is 0 Å². The van der Waals surface area contributed by atoms with E-state index in [-0.39, 0.29) is 11.5 Å². The zero-order valence-electron chi connectivity index (χ0n) is 20.2. The highest BCUT2D eigenvalue weighted by Crippen LogP contribution is 2.70. The fourth-order valence-corrected chi connectivity index (χ4v) is 9.74. The Balaban J connectivity index is 1.53. The summed E-state index contributed by atoms with van der Waals surface area (Å²) in [6, 6.07) is 0. The van der Waals surface area contributed by atoms with E-state index in [2.05, 4.69) is 34.6 Å². The van der Waals surface area contributed by atoms with E-state index in [9.17, 15) is 10.2 Å². The van der Waals surface area contributed by atoms with Gasteiger partial charge in [0, 0.05) is 0 Å². The monoisotopic (exact) mass is 438 g/mol. The number of alkyl halides is 1. The van der Waals surface area contributed by atoms with Gasteiger partial charge in [-0.15, -0.1) is 11.6 Å². The average molecular weight is 439 g/mol. The summed E-state index contributed by atoms with van der Waals surface area (Å²) in [7, 11) is 0. The summed E-state index contributed by atoms with van der Waals surface area (Å²) in [5, 5.41) is 21.6. The predicted molar refractivity (Wildman–Crippen MR) is 126 cm³/mol. The molecule has 4 aliphatic carbocycles. The van der Waals surface area contributed by atoms with E-state index in [4.69, 9.17) is 11.6 Å². The standard InChI is InChI=1S/C27H47ClO2/c1-17(2)7-6-8-18(3)21-9-10-22-20-15-24(30)27(28)16-19(29)11-14-26(27,5)23(20)12-13-25(21,22)4/h17-24,29-30H,6-16H2,1-5H3/t18-,19+,20+,21-,22+,23+,24+,25-,26-,27+/m1/s1. The first-order chi connectivity index (χ1) is 14.0. The minimum Gasteiger partial charge on any atom is -0.393 e. The molecule has 0 saturated heterocycles. The number of aliphatic hydroxyl groups is 2. The molecule has 0 unspecified atom stereocenters. The number of hydrogen-bond donors (Lipinski definition) is 2. The van der Waals surface area contributed by atoms with Gasteiger partial charge < -0.3 is 10.2 Å². The molecule has 2 nitrogen and oxygen atoms in total. The third-order valence-electron chi connectivity index (χ3n) is 11.0. The summed E-state index contributed by atoms with van der Waals surface area (Å²) in [5.74, 6) is 4.44. The molecule has 10 atom stereocenters. The van der Waals surface area contributed by atoms with Crippen molar-refractivity contribution in [3.63, 3.8) is 0 Å². The first-order valence-corrected chi connectivity index (χ1v) is 13.5. The Morgan fingerprint density at radius 1 is 0.933 bits per heavy atom. The van der Waals surface area contributed by atoms with Crippen LogP contribution < -0.4 is 0 Å². The Morgan fingerprint density at radius 3 is 2.37 bits per heavy atom. The van der Waals surface area contributed by atoms with Gasteiger partial charge in [0.05, 0.1) is 17.1 Å². The Morgan fingerprint density at radius 2 is 1.67 bits per heavy atom. The number of rotatable bonds is 5. The normalized spacial score (nSPS) is 51.9. The molecular formula is C27H47ClO2. The largest absolute Gasteiger partial charge is 0.393 e. The molecule has 4 fully saturated rings. The molecule has 0 heterocycles. The summed E-state index contributed by atoms with van der Waals surface area (Å²) in [6.45, 7) is 12.2. The molecule has 0 aliphatic heterocycles. The summed E-state index contributed by atoms with van der Waals surface area (Å²) >= 11 is 7.21. The fraction of sp³-hybridized carbons (Fsp3) is 1.00. The van der Waals surface area contributed by atoms with Gasteiger partial charge in [-0.25, -0.2) is 0 Å². The zero-order valence-corrected chi connectivity index (χ0v) is 20.9. The van der Waals surface area contributed by atoms with Crippen LogP contribution in [0.2, 0.25) is 0 Å². The lowest BCUT2D eigenvalue weighted by Crippen LogP contribution is -2.66. The van der Waals surface area contributed by atoms with Crippen molar-refractivity contribution >= 4 is 11.6 Å². The second-order valence-corrected chi connectivity index (χ2v) is 13.5. The number of halogens is 1. The van der Waals surface area contributed by atoms with Crippen molar-refractivity contribution in [2.75, 3.05) is 0 Å². The molecular weight excluding hydrogens is 392 g/mol. The Bertz CT molecular complexity index is 622. The Labute approximate surface area is 190 Å². The van der Waals surface area contributed by atoms with Crippen molar-refractivity contribution in [3.8, 4) is 0 Å². The minimum absolute atomic E-state index is 0.0432. The third kappa shape index (κ3) is 3.50. The van der Waals surface area contributed by atoms with E-state index < -0.39 is 11.0 Å². The van der Waals surface area contributed by atoms with Crippen LogP contribution in [0.4, 0.5) is 0 Å². The van der Waals surface area contributed by atoms with Crippen LogP contribution in [0.15, 0.2) is 0 Å². The van der Waals surface area contributed by atoms with Gasteiger partial charge in [0.2, 0.25) is 0 Å². The smallest absolute Gasteiger partial charge is 0.0785 e. The number of hydrogen-bond acceptors (Lipinski definition) is 2. The van der Waals surface area contributed by atoms with E-state index >= 15 is 0 Å². The molecule has 4 saturated carbocycles. The molecule has 2 N–H and O–H groups in total. The quantitative estimate of drug-likeness (QED) is 0.463. The van der Waals surface area contributed by atoms with Gasteiger partial charge in [0.15, 0.2) is 0 Å². The Hall–Kier alpha value is 0.210. The van der Waals surface area contributed by atoms with Gasteiger partial charge in [-0.3, -0.25) is 0 Å². The predicted octanol–water partition coefficient (Wildman–Crippen LogP) is 6.80. The van der Waals surface area contributed by atoms with Crippen molar-refractivity contribution in [2.45, 2.75) is 122 Å². The average Bonchev–Trinajstić information content (AvgIpc) is 3.01. The highest BCUT2D eigenvalue weighted by molar-refractivity contribution is 6.25. The first-order valence-electron chi connectivity index (χ1n) is 13.1. The van der Waals surface area contributed by atoms with E-state index in [1.165, 1.54) is 44.9 Å².